The second kappa shape index (κ2) is 6.35. The summed E-state index contributed by atoms with van der Waals surface area (Å²) in [5.41, 5.74) is 0.775. The normalized spacial score (nSPS) is 19.1. The van der Waals surface area contributed by atoms with Gasteiger partial charge in [-0.2, -0.15) is 11.8 Å². The Morgan fingerprint density at radius 2 is 2.16 bits per heavy atom. The second-order valence-electron chi connectivity index (χ2n) is 5.27. The van der Waals surface area contributed by atoms with Crippen molar-refractivity contribution in [1.29, 1.82) is 0 Å². The lowest BCUT2D eigenvalue weighted by atomic mass is 10.1. The molecule has 1 aromatic carbocycles. The molecule has 5 heteroatoms. The molecule has 0 aromatic heterocycles. The van der Waals surface area contributed by atoms with Gasteiger partial charge < -0.3 is 4.90 Å². The molecule has 0 saturated carbocycles. The highest BCUT2D eigenvalue weighted by Gasteiger charge is 2.27. The Kier molecular flexibility index (Phi) is 5.22. The number of carbonyl (C=O) groups is 1. The predicted octanol–water partition coefficient (Wildman–Crippen LogP) is 4.41. The van der Waals surface area contributed by atoms with Crippen molar-refractivity contribution < 1.29 is 4.79 Å². The number of hydrogen-bond donors (Lipinski definition) is 0. The molecule has 1 heterocycles. The van der Waals surface area contributed by atoms with E-state index in [-0.39, 0.29) is 10.7 Å². The van der Waals surface area contributed by atoms with Crippen molar-refractivity contribution >= 4 is 56.2 Å². The van der Waals surface area contributed by atoms with Gasteiger partial charge in [-0.15, -0.1) is 0 Å². The van der Waals surface area contributed by atoms with Gasteiger partial charge in [0.25, 0.3) is 5.91 Å². The Morgan fingerprint density at radius 3 is 2.89 bits per heavy atom. The quantitative estimate of drug-likeness (QED) is 0.587. The fourth-order valence-corrected chi connectivity index (χ4v) is 4.06. The van der Waals surface area contributed by atoms with Crippen molar-refractivity contribution in [3.05, 3.63) is 31.8 Å². The molecule has 2 nitrogen and oxygen atoms in total. The Bertz CT molecular complexity index is 492. The van der Waals surface area contributed by atoms with E-state index in [4.69, 9.17) is 0 Å². The minimum Gasteiger partial charge on any atom is -0.338 e. The first-order valence-electron chi connectivity index (χ1n) is 6.27. The van der Waals surface area contributed by atoms with Crippen molar-refractivity contribution in [2.75, 3.05) is 18.8 Å². The van der Waals surface area contributed by atoms with Gasteiger partial charge in [0, 0.05) is 31.6 Å². The fraction of sp³-hybridized carbons (Fsp3) is 0.500. The maximum atomic E-state index is 12.6. The van der Waals surface area contributed by atoms with E-state index in [2.05, 4.69) is 52.4 Å². The molecule has 0 N–H and O–H groups in total. The average molecular weight is 454 g/mol. The summed E-state index contributed by atoms with van der Waals surface area (Å²) in [6.45, 7) is 6.20. The molecule has 19 heavy (non-hydrogen) atoms. The minimum atomic E-state index is 0.142. The van der Waals surface area contributed by atoms with Crippen molar-refractivity contribution in [2.45, 2.75) is 25.0 Å². The van der Waals surface area contributed by atoms with Crippen molar-refractivity contribution in [2.24, 2.45) is 0 Å². The summed E-state index contributed by atoms with van der Waals surface area (Å²) in [5.74, 6) is 1.16. The standard InChI is InChI=1S/C14H17BrINOS/c1-14(2)5-6-17(7-8-19-14)13(18)11-9-10(16)3-4-12(11)15/h3-4,9H,5-8H2,1-2H3. The van der Waals surface area contributed by atoms with Crippen LogP contribution in [-0.2, 0) is 0 Å². The monoisotopic (exact) mass is 453 g/mol. The highest BCUT2D eigenvalue weighted by Crippen LogP contribution is 2.31. The lowest BCUT2D eigenvalue weighted by Crippen LogP contribution is -2.33. The second-order valence-corrected chi connectivity index (χ2v) is 9.18. The van der Waals surface area contributed by atoms with Crippen LogP contribution in [0.25, 0.3) is 0 Å². The molecule has 0 bridgehead atoms. The van der Waals surface area contributed by atoms with E-state index >= 15 is 0 Å². The SMILES string of the molecule is CC1(C)CCN(C(=O)c2cc(I)ccc2Br)CCS1. The molecular formula is C14H17BrINOS. The van der Waals surface area contributed by atoms with Gasteiger partial charge in [-0.1, -0.05) is 13.8 Å². The highest BCUT2D eigenvalue weighted by molar-refractivity contribution is 14.1. The van der Waals surface area contributed by atoms with Gasteiger partial charge in [0.15, 0.2) is 0 Å². The van der Waals surface area contributed by atoms with Crippen molar-refractivity contribution in [1.82, 2.24) is 4.90 Å². The number of carbonyl (C=O) groups excluding carboxylic acids is 1. The number of nitrogens with zero attached hydrogens (tertiary/aromatic N) is 1. The molecule has 2 rings (SSSR count). The van der Waals surface area contributed by atoms with E-state index < -0.39 is 0 Å². The van der Waals surface area contributed by atoms with Gasteiger partial charge in [0.1, 0.15) is 0 Å². The van der Waals surface area contributed by atoms with E-state index in [1.807, 2.05) is 34.9 Å². The fourth-order valence-electron chi connectivity index (χ4n) is 2.06. The molecule has 1 aromatic rings. The Balaban J connectivity index is 2.17. The van der Waals surface area contributed by atoms with Crippen molar-refractivity contribution in [3.8, 4) is 0 Å². The third kappa shape index (κ3) is 4.11. The van der Waals surface area contributed by atoms with Crippen LogP contribution in [0.2, 0.25) is 0 Å². The zero-order valence-electron chi connectivity index (χ0n) is 11.1. The summed E-state index contributed by atoms with van der Waals surface area (Å²) in [4.78, 5) is 14.6. The van der Waals surface area contributed by atoms with Crippen LogP contribution in [0.1, 0.15) is 30.6 Å². The van der Waals surface area contributed by atoms with E-state index in [0.29, 0.717) is 0 Å². The molecule has 0 unspecified atom stereocenters. The first-order valence-corrected chi connectivity index (χ1v) is 9.13. The third-order valence-corrected chi connectivity index (χ3v) is 6.02. The largest absolute Gasteiger partial charge is 0.338 e. The lowest BCUT2D eigenvalue weighted by Gasteiger charge is -2.23. The summed E-state index contributed by atoms with van der Waals surface area (Å²) in [6, 6.07) is 5.91. The minimum absolute atomic E-state index is 0.142. The van der Waals surface area contributed by atoms with E-state index in [9.17, 15) is 4.79 Å². The lowest BCUT2D eigenvalue weighted by molar-refractivity contribution is 0.0763. The summed E-state index contributed by atoms with van der Waals surface area (Å²) in [6.07, 6.45) is 1.05. The molecule has 0 spiro atoms. The molecule has 1 amide bonds. The molecule has 1 aliphatic rings. The number of rotatable bonds is 1. The molecular weight excluding hydrogens is 437 g/mol. The van der Waals surface area contributed by atoms with Crippen LogP contribution in [0, 0.1) is 3.57 Å². The number of halogens is 2. The summed E-state index contributed by atoms with van der Waals surface area (Å²) in [7, 11) is 0. The van der Waals surface area contributed by atoms with Crippen LogP contribution >= 0.6 is 50.3 Å². The number of amides is 1. The zero-order chi connectivity index (χ0) is 14.0. The van der Waals surface area contributed by atoms with E-state index in [0.717, 1.165) is 38.9 Å². The molecule has 104 valence electrons. The molecule has 1 fully saturated rings. The first kappa shape index (κ1) is 15.6. The van der Waals surface area contributed by atoms with Crippen LogP contribution in [0.4, 0.5) is 0 Å². The summed E-state index contributed by atoms with van der Waals surface area (Å²) < 4.78 is 2.25. The Morgan fingerprint density at radius 1 is 1.42 bits per heavy atom. The van der Waals surface area contributed by atoms with Crippen LogP contribution in [0.15, 0.2) is 22.7 Å². The zero-order valence-corrected chi connectivity index (χ0v) is 15.6. The van der Waals surface area contributed by atoms with Gasteiger partial charge in [0.2, 0.25) is 0 Å². The van der Waals surface area contributed by atoms with Crippen molar-refractivity contribution in [3.63, 3.8) is 0 Å². The summed E-state index contributed by atoms with van der Waals surface area (Å²) in [5, 5.41) is 0. The van der Waals surface area contributed by atoms with E-state index in [1.54, 1.807) is 0 Å². The smallest absolute Gasteiger partial charge is 0.255 e. The molecule has 0 atom stereocenters. The molecule has 0 radical (unpaired) electrons. The maximum Gasteiger partial charge on any atom is 0.255 e. The molecule has 1 saturated heterocycles. The van der Waals surface area contributed by atoms with Gasteiger partial charge in [-0.3, -0.25) is 4.79 Å². The van der Waals surface area contributed by atoms with Crippen LogP contribution in [-0.4, -0.2) is 34.4 Å². The maximum absolute atomic E-state index is 12.6. The van der Waals surface area contributed by atoms with Crippen LogP contribution in [0.3, 0.4) is 0 Å². The third-order valence-electron chi connectivity index (χ3n) is 3.28. The van der Waals surface area contributed by atoms with Crippen LogP contribution in [0.5, 0.6) is 0 Å². The Labute approximate surface area is 141 Å². The van der Waals surface area contributed by atoms with Gasteiger partial charge in [0.05, 0.1) is 5.56 Å². The molecule has 1 aliphatic heterocycles. The molecule has 0 aliphatic carbocycles. The van der Waals surface area contributed by atoms with Crippen LogP contribution < -0.4 is 0 Å². The average Bonchev–Trinajstić information content (AvgIpc) is 2.52. The first-order chi connectivity index (χ1) is 8.89. The topological polar surface area (TPSA) is 20.3 Å². The van der Waals surface area contributed by atoms with E-state index in [1.165, 1.54) is 0 Å². The summed E-state index contributed by atoms with van der Waals surface area (Å²) >= 11 is 7.69. The van der Waals surface area contributed by atoms with Gasteiger partial charge >= 0.3 is 0 Å². The Hall–Kier alpha value is 0.250. The predicted molar refractivity (Wildman–Crippen MR) is 93.9 cm³/mol. The number of hydrogen-bond acceptors (Lipinski definition) is 2. The van der Waals surface area contributed by atoms with Gasteiger partial charge in [-0.25, -0.2) is 0 Å². The number of benzene rings is 1. The number of thioether (sulfide) groups is 1. The van der Waals surface area contributed by atoms with Gasteiger partial charge in [-0.05, 0) is 63.1 Å². The highest BCUT2D eigenvalue weighted by atomic mass is 127.